The molecule has 0 heterocycles. The SMILES string of the molecule is CCOc1ccc(C)cc1C(C)NC(=O)C(=O)NCC(OC)OC. The Morgan fingerprint density at radius 3 is 2.42 bits per heavy atom. The number of aryl methyl sites for hydroxylation is 1. The first-order chi connectivity index (χ1) is 11.4. The summed E-state index contributed by atoms with van der Waals surface area (Å²) in [7, 11) is 2.91. The lowest BCUT2D eigenvalue weighted by molar-refractivity contribution is -0.142. The summed E-state index contributed by atoms with van der Waals surface area (Å²) < 4.78 is 15.5. The summed E-state index contributed by atoms with van der Waals surface area (Å²) in [4.78, 5) is 23.9. The summed E-state index contributed by atoms with van der Waals surface area (Å²) in [5.41, 5.74) is 1.87. The van der Waals surface area contributed by atoms with Crippen LogP contribution in [0.2, 0.25) is 0 Å². The summed E-state index contributed by atoms with van der Waals surface area (Å²) >= 11 is 0. The number of carbonyl (C=O) groups is 2. The maximum atomic E-state index is 12.0. The van der Waals surface area contributed by atoms with Crippen LogP contribution in [0.15, 0.2) is 18.2 Å². The summed E-state index contributed by atoms with van der Waals surface area (Å²) in [6.45, 7) is 6.25. The van der Waals surface area contributed by atoms with Gasteiger partial charge in [-0.25, -0.2) is 0 Å². The zero-order valence-electron chi connectivity index (χ0n) is 14.8. The average molecular weight is 338 g/mol. The first kappa shape index (κ1) is 19.9. The molecule has 0 aliphatic carbocycles. The molecule has 0 fully saturated rings. The van der Waals surface area contributed by atoms with E-state index in [1.165, 1.54) is 14.2 Å². The third-order valence-corrected chi connectivity index (χ3v) is 3.44. The summed E-state index contributed by atoms with van der Waals surface area (Å²) in [6.07, 6.45) is -0.597. The van der Waals surface area contributed by atoms with Crippen molar-refractivity contribution in [3.63, 3.8) is 0 Å². The lowest BCUT2D eigenvalue weighted by Crippen LogP contribution is -2.44. The fourth-order valence-electron chi connectivity index (χ4n) is 2.15. The summed E-state index contributed by atoms with van der Waals surface area (Å²) in [5.74, 6) is -0.779. The summed E-state index contributed by atoms with van der Waals surface area (Å²) in [6, 6.07) is 5.36. The van der Waals surface area contributed by atoms with Gasteiger partial charge in [0.2, 0.25) is 0 Å². The van der Waals surface area contributed by atoms with Crippen molar-refractivity contribution in [2.45, 2.75) is 33.1 Å². The van der Waals surface area contributed by atoms with Crippen molar-refractivity contribution in [3.05, 3.63) is 29.3 Å². The van der Waals surface area contributed by atoms with Crippen LogP contribution in [0.25, 0.3) is 0 Å². The van der Waals surface area contributed by atoms with Crippen LogP contribution in [0.4, 0.5) is 0 Å². The zero-order valence-corrected chi connectivity index (χ0v) is 14.8. The number of methoxy groups -OCH3 is 2. The lowest BCUT2D eigenvalue weighted by atomic mass is 10.0. The zero-order chi connectivity index (χ0) is 18.1. The quantitative estimate of drug-likeness (QED) is 0.551. The first-order valence-corrected chi connectivity index (χ1v) is 7.80. The van der Waals surface area contributed by atoms with E-state index in [1.54, 1.807) is 6.92 Å². The predicted molar refractivity (Wildman–Crippen MR) is 89.7 cm³/mol. The van der Waals surface area contributed by atoms with Crippen LogP contribution in [0.5, 0.6) is 5.75 Å². The number of hydrogen-bond donors (Lipinski definition) is 2. The minimum absolute atomic E-state index is 0.0856. The number of carbonyl (C=O) groups excluding carboxylic acids is 2. The van der Waals surface area contributed by atoms with E-state index in [4.69, 9.17) is 14.2 Å². The number of rotatable bonds is 8. The van der Waals surface area contributed by atoms with Gasteiger partial charge in [0.05, 0.1) is 19.2 Å². The Balaban J connectivity index is 2.69. The molecule has 0 aromatic heterocycles. The molecular weight excluding hydrogens is 312 g/mol. The van der Waals surface area contributed by atoms with Crippen molar-refractivity contribution in [2.75, 3.05) is 27.4 Å². The van der Waals surface area contributed by atoms with E-state index < -0.39 is 18.1 Å². The van der Waals surface area contributed by atoms with Gasteiger partial charge in [-0.15, -0.1) is 0 Å². The van der Waals surface area contributed by atoms with Crippen LogP contribution in [-0.2, 0) is 19.1 Å². The van der Waals surface area contributed by atoms with Gasteiger partial charge in [-0.05, 0) is 26.8 Å². The Kier molecular flexibility index (Phi) is 8.21. The maximum absolute atomic E-state index is 12.0. The van der Waals surface area contributed by atoms with E-state index in [1.807, 2.05) is 32.0 Å². The van der Waals surface area contributed by atoms with Gasteiger partial charge in [0.1, 0.15) is 5.75 Å². The molecule has 1 unspecified atom stereocenters. The van der Waals surface area contributed by atoms with E-state index in [-0.39, 0.29) is 12.6 Å². The summed E-state index contributed by atoms with van der Waals surface area (Å²) in [5, 5.41) is 5.13. The highest BCUT2D eigenvalue weighted by atomic mass is 16.7. The highest BCUT2D eigenvalue weighted by Gasteiger charge is 2.20. The molecule has 0 saturated carbocycles. The van der Waals surface area contributed by atoms with Gasteiger partial charge in [0.25, 0.3) is 0 Å². The van der Waals surface area contributed by atoms with E-state index in [9.17, 15) is 9.59 Å². The number of benzene rings is 1. The van der Waals surface area contributed by atoms with Crippen LogP contribution in [0.1, 0.15) is 31.0 Å². The maximum Gasteiger partial charge on any atom is 0.309 e. The Morgan fingerprint density at radius 2 is 1.83 bits per heavy atom. The second kappa shape index (κ2) is 9.89. The molecule has 1 rings (SSSR count). The van der Waals surface area contributed by atoms with Crippen molar-refractivity contribution in [1.82, 2.24) is 10.6 Å². The Morgan fingerprint density at radius 1 is 1.17 bits per heavy atom. The van der Waals surface area contributed by atoms with E-state index in [0.29, 0.717) is 12.4 Å². The molecule has 1 atom stereocenters. The van der Waals surface area contributed by atoms with Gasteiger partial charge >= 0.3 is 11.8 Å². The molecule has 7 heteroatoms. The van der Waals surface area contributed by atoms with Gasteiger partial charge < -0.3 is 24.8 Å². The molecule has 134 valence electrons. The molecule has 0 aliphatic heterocycles. The Bertz CT molecular complexity index is 558. The smallest absolute Gasteiger partial charge is 0.309 e. The van der Waals surface area contributed by atoms with Crippen LogP contribution >= 0.6 is 0 Å². The minimum atomic E-state index is -0.744. The van der Waals surface area contributed by atoms with Crippen molar-refractivity contribution < 1.29 is 23.8 Å². The van der Waals surface area contributed by atoms with Crippen molar-refractivity contribution in [1.29, 1.82) is 0 Å². The van der Waals surface area contributed by atoms with Crippen LogP contribution in [0.3, 0.4) is 0 Å². The fourth-order valence-corrected chi connectivity index (χ4v) is 2.15. The molecule has 2 amide bonds. The van der Waals surface area contributed by atoms with Gasteiger partial charge in [0.15, 0.2) is 6.29 Å². The molecule has 0 saturated heterocycles. The molecular formula is C17H26N2O5. The van der Waals surface area contributed by atoms with Crippen LogP contribution in [-0.4, -0.2) is 45.5 Å². The Labute approximate surface area is 142 Å². The van der Waals surface area contributed by atoms with Gasteiger partial charge in [-0.2, -0.15) is 0 Å². The molecule has 0 spiro atoms. The molecule has 7 nitrogen and oxygen atoms in total. The standard InChI is InChI=1S/C17H26N2O5/c1-6-24-14-8-7-11(2)9-13(14)12(3)19-17(21)16(20)18-10-15(22-4)23-5/h7-9,12,15H,6,10H2,1-5H3,(H,18,20)(H,19,21). The van der Waals surface area contributed by atoms with E-state index in [2.05, 4.69) is 10.6 Å². The molecule has 1 aromatic rings. The predicted octanol–water partition coefficient (Wildman–Crippen LogP) is 1.31. The fraction of sp³-hybridized carbons (Fsp3) is 0.529. The monoisotopic (exact) mass is 338 g/mol. The topological polar surface area (TPSA) is 85.9 Å². The molecule has 0 radical (unpaired) electrons. The highest BCUT2D eigenvalue weighted by molar-refractivity contribution is 6.35. The molecule has 2 N–H and O–H groups in total. The third-order valence-electron chi connectivity index (χ3n) is 3.44. The van der Waals surface area contributed by atoms with Crippen molar-refractivity contribution in [3.8, 4) is 5.75 Å². The van der Waals surface area contributed by atoms with Crippen LogP contribution < -0.4 is 15.4 Å². The molecule has 1 aromatic carbocycles. The lowest BCUT2D eigenvalue weighted by Gasteiger charge is -2.19. The number of amides is 2. The average Bonchev–Trinajstić information content (AvgIpc) is 2.57. The van der Waals surface area contributed by atoms with Crippen LogP contribution in [0, 0.1) is 6.92 Å². The Hall–Kier alpha value is -2.12. The molecule has 24 heavy (non-hydrogen) atoms. The normalized spacial score (nSPS) is 11.9. The minimum Gasteiger partial charge on any atom is -0.494 e. The van der Waals surface area contributed by atoms with Gasteiger partial charge in [-0.3, -0.25) is 9.59 Å². The number of ether oxygens (including phenoxy) is 3. The van der Waals surface area contributed by atoms with Crippen molar-refractivity contribution >= 4 is 11.8 Å². The van der Waals surface area contributed by atoms with Gasteiger partial charge in [-0.1, -0.05) is 17.7 Å². The number of nitrogens with one attached hydrogen (secondary N) is 2. The van der Waals surface area contributed by atoms with Gasteiger partial charge in [0, 0.05) is 19.8 Å². The second-order valence-corrected chi connectivity index (χ2v) is 5.28. The first-order valence-electron chi connectivity index (χ1n) is 7.80. The second-order valence-electron chi connectivity index (χ2n) is 5.28. The largest absolute Gasteiger partial charge is 0.494 e. The van der Waals surface area contributed by atoms with E-state index >= 15 is 0 Å². The highest BCUT2D eigenvalue weighted by Crippen LogP contribution is 2.26. The van der Waals surface area contributed by atoms with Crippen molar-refractivity contribution in [2.24, 2.45) is 0 Å². The third kappa shape index (κ3) is 5.82. The molecule has 0 aliphatic rings. The number of hydrogen-bond acceptors (Lipinski definition) is 5. The molecule has 0 bridgehead atoms. The van der Waals surface area contributed by atoms with E-state index in [0.717, 1.165) is 11.1 Å².